The van der Waals surface area contributed by atoms with Crippen molar-refractivity contribution in [2.45, 2.75) is 70.9 Å². The molecule has 7 heteroatoms. The van der Waals surface area contributed by atoms with Crippen LogP contribution in [0.2, 0.25) is 0 Å². The number of hydrogen-bond acceptors (Lipinski definition) is 4. The minimum absolute atomic E-state index is 0.0295. The Morgan fingerprint density at radius 2 is 1.94 bits per heavy atom. The summed E-state index contributed by atoms with van der Waals surface area (Å²) in [6.45, 7) is 8.51. The number of nitrogens with one attached hydrogen (secondary N) is 1. The molecule has 178 valence electrons. The van der Waals surface area contributed by atoms with Crippen LogP contribution in [0.3, 0.4) is 0 Å². The van der Waals surface area contributed by atoms with Crippen LogP contribution < -0.4 is 16.0 Å². The molecule has 33 heavy (non-hydrogen) atoms. The van der Waals surface area contributed by atoms with E-state index in [2.05, 4.69) is 12.2 Å². The first-order valence-corrected chi connectivity index (χ1v) is 11.5. The Balaban J connectivity index is 2.09. The summed E-state index contributed by atoms with van der Waals surface area (Å²) in [5, 5.41) is 13.0. The number of carbonyl (C=O) groups is 2. The van der Waals surface area contributed by atoms with Crippen LogP contribution in [0.4, 0.5) is 21.9 Å². The van der Waals surface area contributed by atoms with Gasteiger partial charge in [0.2, 0.25) is 0 Å². The van der Waals surface area contributed by atoms with E-state index in [0.717, 1.165) is 36.1 Å². The molecule has 2 amide bonds. The van der Waals surface area contributed by atoms with Crippen LogP contribution in [0, 0.1) is 6.92 Å². The average molecular weight is 454 g/mol. The molecule has 4 N–H and O–H groups in total. The van der Waals surface area contributed by atoms with Crippen LogP contribution >= 0.6 is 0 Å². The number of benzene rings is 2. The van der Waals surface area contributed by atoms with Crippen molar-refractivity contribution in [2.75, 3.05) is 16.8 Å². The highest BCUT2D eigenvalue weighted by molar-refractivity contribution is 6.02. The number of aliphatic carboxylic acids is 1. The number of anilines is 3. The average Bonchev–Trinajstić information content (AvgIpc) is 2.75. The van der Waals surface area contributed by atoms with Gasteiger partial charge in [-0.05, 0) is 55.5 Å². The summed E-state index contributed by atoms with van der Waals surface area (Å²) in [6.07, 6.45) is 2.87. The first kappa shape index (κ1) is 24.6. The third-order valence-electron chi connectivity index (χ3n) is 6.37. The van der Waals surface area contributed by atoms with Crippen molar-refractivity contribution in [2.24, 2.45) is 5.73 Å². The fourth-order valence-electron chi connectivity index (χ4n) is 4.44. The van der Waals surface area contributed by atoms with E-state index in [9.17, 15) is 14.7 Å². The molecular weight excluding hydrogens is 418 g/mol. The third-order valence-corrected chi connectivity index (χ3v) is 6.37. The second kappa shape index (κ2) is 10.3. The largest absolute Gasteiger partial charge is 0.481 e. The fourth-order valence-corrected chi connectivity index (χ4v) is 4.44. The number of ether oxygens (including phenoxy) is 1. The number of hydrogen-bond donors (Lipinski definition) is 3. The van der Waals surface area contributed by atoms with Crippen molar-refractivity contribution in [3.8, 4) is 0 Å². The quantitative estimate of drug-likeness (QED) is 0.501. The molecule has 0 bridgehead atoms. The molecule has 3 rings (SSSR count). The number of nitrogens with two attached hydrogens (primary N) is 1. The number of aryl methyl sites for hydroxylation is 1. The van der Waals surface area contributed by atoms with Gasteiger partial charge >= 0.3 is 12.0 Å². The normalized spacial score (nSPS) is 18.5. The van der Waals surface area contributed by atoms with Crippen molar-refractivity contribution in [1.29, 1.82) is 0 Å². The molecule has 0 aromatic heterocycles. The Morgan fingerprint density at radius 3 is 2.58 bits per heavy atom. The van der Waals surface area contributed by atoms with E-state index in [0.29, 0.717) is 18.0 Å². The molecule has 2 aromatic carbocycles. The standard InChI is InChI=1S/C26H35N3O4/c1-5-20-15-19(12-13-33-20)28-21-11-10-18(26(3,4)16-24(30)31)14-23(21)29(25(27)32)22-9-7-6-8-17(22)2/h6-11,14,19-20,28H,5,12-13,15-16H2,1-4H3,(H2,27,32)(H,30,31). The number of para-hydroxylation sites is 1. The molecule has 1 aliphatic rings. The third kappa shape index (κ3) is 5.85. The summed E-state index contributed by atoms with van der Waals surface area (Å²) < 4.78 is 5.82. The lowest BCUT2D eigenvalue weighted by molar-refractivity contribution is -0.138. The number of carbonyl (C=O) groups excluding carboxylic acids is 1. The van der Waals surface area contributed by atoms with Gasteiger partial charge in [0.25, 0.3) is 0 Å². The van der Waals surface area contributed by atoms with Crippen molar-refractivity contribution in [3.63, 3.8) is 0 Å². The van der Waals surface area contributed by atoms with Crippen LogP contribution in [0.15, 0.2) is 42.5 Å². The number of nitrogens with zero attached hydrogens (tertiary/aromatic N) is 1. The van der Waals surface area contributed by atoms with Gasteiger partial charge in [-0.15, -0.1) is 0 Å². The van der Waals surface area contributed by atoms with Gasteiger partial charge in [0, 0.05) is 18.1 Å². The SMILES string of the molecule is CCC1CC(Nc2ccc(C(C)(C)CC(=O)O)cc2N(C(N)=O)c2ccccc2C)CCO1. The molecule has 2 aromatic rings. The maximum atomic E-state index is 12.7. The smallest absolute Gasteiger partial charge is 0.323 e. The minimum atomic E-state index is -0.873. The molecule has 0 saturated carbocycles. The van der Waals surface area contributed by atoms with Gasteiger partial charge in [-0.1, -0.05) is 45.0 Å². The molecule has 0 aliphatic carbocycles. The Hall–Kier alpha value is -3.06. The van der Waals surface area contributed by atoms with Crippen molar-refractivity contribution < 1.29 is 19.4 Å². The number of rotatable bonds is 8. The number of carboxylic acid groups (broad SMARTS) is 1. The zero-order chi connectivity index (χ0) is 24.2. The van der Waals surface area contributed by atoms with Crippen LogP contribution in [0.5, 0.6) is 0 Å². The van der Waals surface area contributed by atoms with Gasteiger partial charge in [0.1, 0.15) is 0 Å². The van der Waals surface area contributed by atoms with Gasteiger partial charge in [-0.3, -0.25) is 9.69 Å². The van der Waals surface area contributed by atoms with E-state index < -0.39 is 17.4 Å². The molecule has 1 aliphatic heterocycles. The van der Waals surface area contributed by atoms with E-state index in [-0.39, 0.29) is 18.6 Å². The van der Waals surface area contributed by atoms with Gasteiger partial charge in [0.05, 0.1) is 29.6 Å². The second-order valence-electron chi connectivity index (χ2n) is 9.41. The molecule has 0 spiro atoms. The monoisotopic (exact) mass is 453 g/mol. The van der Waals surface area contributed by atoms with Crippen molar-refractivity contribution in [3.05, 3.63) is 53.6 Å². The highest BCUT2D eigenvalue weighted by Gasteiger charge is 2.29. The molecular formula is C26H35N3O4. The molecule has 0 radical (unpaired) electrons. The Morgan fingerprint density at radius 1 is 1.21 bits per heavy atom. The Kier molecular flexibility index (Phi) is 7.64. The zero-order valence-electron chi connectivity index (χ0n) is 19.9. The molecule has 7 nitrogen and oxygen atoms in total. The summed E-state index contributed by atoms with van der Waals surface area (Å²) in [5.41, 5.74) is 9.11. The van der Waals surface area contributed by atoms with Gasteiger partial charge < -0.3 is 20.9 Å². The van der Waals surface area contributed by atoms with Gasteiger partial charge in [-0.2, -0.15) is 0 Å². The van der Waals surface area contributed by atoms with E-state index in [1.807, 2.05) is 63.2 Å². The summed E-state index contributed by atoms with van der Waals surface area (Å²) in [6, 6.07) is 12.9. The number of amides is 2. The van der Waals surface area contributed by atoms with Crippen LogP contribution in [-0.2, 0) is 14.9 Å². The number of urea groups is 1. The highest BCUT2D eigenvalue weighted by atomic mass is 16.5. The van der Waals surface area contributed by atoms with Crippen molar-refractivity contribution in [1.82, 2.24) is 0 Å². The second-order valence-corrected chi connectivity index (χ2v) is 9.41. The summed E-state index contributed by atoms with van der Waals surface area (Å²) in [7, 11) is 0. The van der Waals surface area contributed by atoms with Crippen molar-refractivity contribution >= 4 is 29.1 Å². The van der Waals surface area contributed by atoms with E-state index >= 15 is 0 Å². The highest BCUT2D eigenvalue weighted by Crippen LogP contribution is 2.39. The summed E-state index contributed by atoms with van der Waals surface area (Å²) in [4.78, 5) is 25.7. The molecule has 1 heterocycles. The van der Waals surface area contributed by atoms with Crippen LogP contribution in [0.25, 0.3) is 0 Å². The van der Waals surface area contributed by atoms with E-state index in [4.69, 9.17) is 10.5 Å². The van der Waals surface area contributed by atoms with Crippen LogP contribution in [0.1, 0.15) is 57.6 Å². The van der Waals surface area contributed by atoms with E-state index in [1.54, 1.807) is 0 Å². The molecule has 1 saturated heterocycles. The summed E-state index contributed by atoms with van der Waals surface area (Å²) >= 11 is 0. The predicted molar refractivity (Wildman–Crippen MR) is 131 cm³/mol. The Labute approximate surface area is 195 Å². The van der Waals surface area contributed by atoms with E-state index in [1.165, 1.54) is 4.90 Å². The molecule has 1 fully saturated rings. The number of carboxylic acids is 1. The Bertz CT molecular complexity index is 1000. The van der Waals surface area contributed by atoms with Gasteiger partial charge in [-0.25, -0.2) is 4.79 Å². The fraction of sp³-hybridized carbons (Fsp3) is 0.462. The summed E-state index contributed by atoms with van der Waals surface area (Å²) in [5.74, 6) is -0.873. The molecule has 2 unspecified atom stereocenters. The van der Waals surface area contributed by atoms with Crippen LogP contribution in [-0.4, -0.2) is 35.9 Å². The topological polar surface area (TPSA) is 105 Å². The maximum absolute atomic E-state index is 12.7. The molecule has 2 atom stereocenters. The zero-order valence-corrected chi connectivity index (χ0v) is 19.9. The van der Waals surface area contributed by atoms with Gasteiger partial charge in [0.15, 0.2) is 0 Å². The first-order chi connectivity index (χ1) is 15.6. The minimum Gasteiger partial charge on any atom is -0.481 e. The lowest BCUT2D eigenvalue weighted by Gasteiger charge is -2.33. The first-order valence-electron chi connectivity index (χ1n) is 11.5. The number of primary amides is 1. The lowest BCUT2D eigenvalue weighted by atomic mass is 9.81. The maximum Gasteiger partial charge on any atom is 0.323 e. The lowest BCUT2D eigenvalue weighted by Crippen LogP contribution is -2.36. The predicted octanol–water partition coefficient (Wildman–Crippen LogP) is 5.33.